The van der Waals surface area contributed by atoms with Crippen LogP contribution in [0.25, 0.3) is 0 Å². The quantitative estimate of drug-likeness (QED) is 0.761. The van der Waals surface area contributed by atoms with E-state index in [0.717, 1.165) is 5.69 Å². The van der Waals surface area contributed by atoms with Crippen LogP contribution in [0.2, 0.25) is 0 Å². The third-order valence-corrected chi connectivity index (χ3v) is 5.91. The van der Waals surface area contributed by atoms with Crippen LogP contribution in [0.15, 0.2) is 24.3 Å². The molecule has 1 aliphatic heterocycles. The van der Waals surface area contributed by atoms with E-state index >= 15 is 0 Å². The molecule has 0 spiro atoms. The van der Waals surface area contributed by atoms with Crippen molar-refractivity contribution in [2.75, 3.05) is 35.2 Å². The fourth-order valence-electron chi connectivity index (χ4n) is 3.03. The summed E-state index contributed by atoms with van der Waals surface area (Å²) in [6, 6.07) is 7.06. The number of carbonyl (C=O) groups excluding carboxylic acids is 2. The van der Waals surface area contributed by atoms with Gasteiger partial charge in [0.2, 0.25) is 11.8 Å². The molecule has 2 N–H and O–H groups in total. The monoisotopic (exact) mass is 367 g/mol. The van der Waals surface area contributed by atoms with E-state index in [1.807, 2.05) is 19.1 Å². The Balaban J connectivity index is 1.86. The second-order valence-electron chi connectivity index (χ2n) is 6.18. The number of hydrogen-bond donors (Lipinski definition) is 2. The summed E-state index contributed by atoms with van der Waals surface area (Å²) in [5.74, 6) is 0.0431. The van der Waals surface area contributed by atoms with E-state index < -0.39 is 9.84 Å². The summed E-state index contributed by atoms with van der Waals surface area (Å²) in [5.41, 5.74) is 1.50. The van der Waals surface area contributed by atoms with E-state index in [1.54, 1.807) is 17.0 Å². The van der Waals surface area contributed by atoms with Gasteiger partial charge in [0.15, 0.2) is 9.84 Å². The molecule has 1 aromatic rings. The molecular weight excluding hydrogens is 342 g/mol. The largest absolute Gasteiger partial charge is 0.384 e. The van der Waals surface area contributed by atoms with Crippen molar-refractivity contribution in [1.29, 1.82) is 0 Å². The van der Waals surface area contributed by atoms with Gasteiger partial charge in [-0.05, 0) is 31.5 Å². The summed E-state index contributed by atoms with van der Waals surface area (Å²) in [6.45, 7) is 4.27. The molecule has 0 saturated carbocycles. The summed E-state index contributed by atoms with van der Waals surface area (Å²) < 4.78 is 23.2. The summed E-state index contributed by atoms with van der Waals surface area (Å²) in [6.07, 6.45) is 0.808. The molecule has 0 bridgehead atoms. The molecule has 1 heterocycles. The molecule has 1 aromatic carbocycles. The Labute approximate surface area is 148 Å². The maximum absolute atomic E-state index is 12.4. The van der Waals surface area contributed by atoms with Crippen LogP contribution in [0.3, 0.4) is 0 Å². The minimum Gasteiger partial charge on any atom is -0.384 e. The topological polar surface area (TPSA) is 95.6 Å². The zero-order valence-corrected chi connectivity index (χ0v) is 15.4. The van der Waals surface area contributed by atoms with Gasteiger partial charge in [0.1, 0.15) is 0 Å². The number of rotatable bonds is 7. The molecule has 25 heavy (non-hydrogen) atoms. The summed E-state index contributed by atoms with van der Waals surface area (Å²) in [5, 5.41) is 5.86. The molecule has 138 valence electrons. The second-order valence-corrected chi connectivity index (χ2v) is 8.40. The van der Waals surface area contributed by atoms with E-state index in [4.69, 9.17) is 0 Å². The van der Waals surface area contributed by atoms with Crippen molar-refractivity contribution in [3.05, 3.63) is 24.3 Å². The molecule has 1 aliphatic rings. The molecule has 1 atom stereocenters. The molecular formula is C17H25N3O4S. The lowest BCUT2D eigenvalue weighted by atomic mass is 10.2. The van der Waals surface area contributed by atoms with E-state index in [0.29, 0.717) is 25.2 Å². The number of hydrogen-bond acceptors (Lipinski definition) is 5. The van der Waals surface area contributed by atoms with Gasteiger partial charge in [0, 0.05) is 43.9 Å². The number of anilines is 2. The van der Waals surface area contributed by atoms with Crippen molar-refractivity contribution in [3.63, 3.8) is 0 Å². The first-order valence-electron chi connectivity index (χ1n) is 8.42. The van der Waals surface area contributed by atoms with Crippen molar-refractivity contribution in [2.45, 2.75) is 32.7 Å². The highest BCUT2D eigenvalue weighted by Crippen LogP contribution is 2.19. The third-order valence-electron chi connectivity index (χ3n) is 4.16. The highest BCUT2D eigenvalue weighted by atomic mass is 32.2. The van der Waals surface area contributed by atoms with Crippen LogP contribution >= 0.6 is 0 Å². The molecule has 2 amide bonds. The lowest BCUT2D eigenvalue weighted by molar-refractivity contribution is -0.132. The van der Waals surface area contributed by atoms with Crippen LogP contribution in [0, 0.1) is 0 Å². The van der Waals surface area contributed by atoms with E-state index in [1.165, 1.54) is 6.92 Å². The average molecular weight is 367 g/mol. The molecule has 8 heteroatoms. The second kappa shape index (κ2) is 8.33. The molecule has 1 saturated heterocycles. The molecule has 0 radical (unpaired) electrons. The van der Waals surface area contributed by atoms with Crippen LogP contribution in [0.4, 0.5) is 11.4 Å². The average Bonchev–Trinajstić information content (AvgIpc) is 2.87. The Bertz CT molecular complexity index is 733. The normalized spacial score (nSPS) is 18.6. The van der Waals surface area contributed by atoms with E-state index in [2.05, 4.69) is 10.6 Å². The smallest absolute Gasteiger partial charge is 0.224 e. The number of benzene rings is 1. The fourth-order valence-corrected chi connectivity index (χ4v) is 4.76. The van der Waals surface area contributed by atoms with Crippen molar-refractivity contribution in [3.8, 4) is 0 Å². The standard InChI is InChI=1S/C17H25N3O4S/c1-3-20(16-8-10-25(23,24)12-16)17(22)7-9-18-14-5-4-6-15(11-14)19-13(2)21/h4-6,11,16,18H,3,7-10,12H2,1-2H3,(H,19,21). The van der Waals surface area contributed by atoms with Gasteiger partial charge in [-0.25, -0.2) is 8.42 Å². The van der Waals surface area contributed by atoms with Crippen molar-refractivity contribution >= 4 is 33.0 Å². The Morgan fingerprint density at radius 2 is 2.00 bits per heavy atom. The Morgan fingerprint density at radius 3 is 2.60 bits per heavy atom. The highest BCUT2D eigenvalue weighted by Gasteiger charge is 2.33. The van der Waals surface area contributed by atoms with Crippen LogP contribution in [-0.4, -0.2) is 55.8 Å². The van der Waals surface area contributed by atoms with Crippen molar-refractivity contribution < 1.29 is 18.0 Å². The van der Waals surface area contributed by atoms with Crippen molar-refractivity contribution in [1.82, 2.24) is 4.90 Å². The van der Waals surface area contributed by atoms with Gasteiger partial charge in [0.25, 0.3) is 0 Å². The van der Waals surface area contributed by atoms with E-state index in [-0.39, 0.29) is 35.8 Å². The minimum absolute atomic E-state index is 0.0462. The zero-order chi connectivity index (χ0) is 18.4. The number of sulfone groups is 1. The SMILES string of the molecule is CCN(C(=O)CCNc1cccc(NC(C)=O)c1)C1CCS(=O)(=O)C1. The van der Waals surface area contributed by atoms with Gasteiger partial charge in [-0.2, -0.15) is 0 Å². The summed E-state index contributed by atoms with van der Waals surface area (Å²) in [4.78, 5) is 25.2. The van der Waals surface area contributed by atoms with Gasteiger partial charge < -0.3 is 15.5 Å². The maximum Gasteiger partial charge on any atom is 0.224 e. The minimum atomic E-state index is -3.01. The predicted molar refractivity (Wildman–Crippen MR) is 98.3 cm³/mol. The van der Waals surface area contributed by atoms with Crippen LogP contribution in [0.1, 0.15) is 26.7 Å². The Morgan fingerprint density at radius 1 is 1.28 bits per heavy atom. The molecule has 2 rings (SSSR count). The van der Waals surface area contributed by atoms with Gasteiger partial charge in [-0.3, -0.25) is 9.59 Å². The third kappa shape index (κ3) is 5.74. The predicted octanol–water partition coefficient (Wildman–Crippen LogP) is 1.48. The first-order valence-corrected chi connectivity index (χ1v) is 10.2. The molecule has 1 fully saturated rings. The van der Waals surface area contributed by atoms with Crippen LogP contribution in [0.5, 0.6) is 0 Å². The van der Waals surface area contributed by atoms with Crippen LogP contribution in [-0.2, 0) is 19.4 Å². The molecule has 0 aliphatic carbocycles. The van der Waals surface area contributed by atoms with E-state index in [9.17, 15) is 18.0 Å². The molecule has 7 nitrogen and oxygen atoms in total. The Hall–Kier alpha value is -2.09. The first-order chi connectivity index (χ1) is 11.8. The van der Waals surface area contributed by atoms with Gasteiger partial charge in [-0.15, -0.1) is 0 Å². The summed E-state index contributed by atoms with van der Waals surface area (Å²) >= 11 is 0. The van der Waals surface area contributed by atoms with Gasteiger partial charge in [0.05, 0.1) is 11.5 Å². The van der Waals surface area contributed by atoms with Crippen molar-refractivity contribution in [2.24, 2.45) is 0 Å². The Kier molecular flexibility index (Phi) is 6.41. The van der Waals surface area contributed by atoms with Gasteiger partial charge >= 0.3 is 0 Å². The zero-order valence-electron chi connectivity index (χ0n) is 14.6. The summed E-state index contributed by atoms with van der Waals surface area (Å²) in [7, 11) is -3.01. The molecule has 0 aromatic heterocycles. The first kappa shape index (κ1) is 19.2. The lowest BCUT2D eigenvalue weighted by Gasteiger charge is -2.27. The lowest BCUT2D eigenvalue weighted by Crippen LogP contribution is -2.41. The highest BCUT2D eigenvalue weighted by molar-refractivity contribution is 7.91. The molecule has 1 unspecified atom stereocenters. The number of carbonyl (C=O) groups is 2. The van der Waals surface area contributed by atoms with Gasteiger partial charge in [-0.1, -0.05) is 6.07 Å². The van der Waals surface area contributed by atoms with Crippen LogP contribution < -0.4 is 10.6 Å². The maximum atomic E-state index is 12.4. The number of nitrogens with one attached hydrogen (secondary N) is 2. The fraction of sp³-hybridized carbons (Fsp3) is 0.529. The number of nitrogens with zero attached hydrogens (tertiary/aromatic N) is 1. The number of amides is 2.